The summed E-state index contributed by atoms with van der Waals surface area (Å²) in [6.45, 7) is 1.15. The van der Waals surface area contributed by atoms with E-state index in [2.05, 4.69) is 5.32 Å². The Balaban J connectivity index is 1.39. The van der Waals surface area contributed by atoms with Crippen molar-refractivity contribution in [1.82, 2.24) is 14.3 Å². The van der Waals surface area contributed by atoms with Gasteiger partial charge in [0.05, 0.1) is 10.8 Å². The van der Waals surface area contributed by atoms with E-state index in [4.69, 9.17) is 9.97 Å². The van der Waals surface area contributed by atoms with E-state index in [0.29, 0.717) is 18.9 Å². The molecule has 0 amide bonds. The van der Waals surface area contributed by atoms with Crippen LogP contribution >= 0.6 is 0 Å². The van der Waals surface area contributed by atoms with Crippen LogP contribution in [0.3, 0.4) is 0 Å². The lowest BCUT2D eigenvalue weighted by Crippen LogP contribution is -2.43. The minimum Gasteiger partial charge on any atom is -0.367 e. The van der Waals surface area contributed by atoms with Crippen molar-refractivity contribution in [3.8, 4) is 11.4 Å². The number of aromatic nitrogens is 2. The van der Waals surface area contributed by atoms with Gasteiger partial charge in [-0.1, -0.05) is 42.5 Å². The fraction of sp³-hybridized carbons (Fsp3) is 0.364. The minimum absolute atomic E-state index is 0.133. The van der Waals surface area contributed by atoms with E-state index in [1.54, 1.807) is 4.31 Å². The first-order valence-electron chi connectivity index (χ1n) is 10.2. The molecule has 0 unspecified atom stereocenters. The van der Waals surface area contributed by atoms with Crippen molar-refractivity contribution in [3.63, 3.8) is 0 Å². The quantitative estimate of drug-likeness (QED) is 0.697. The van der Waals surface area contributed by atoms with Crippen LogP contribution in [0.2, 0.25) is 0 Å². The third kappa shape index (κ3) is 3.72. The largest absolute Gasteiger partial charge is 0.367 e. The lowest BCUT2D eigenvalue weighted by atomic mass is 10.1. The van der Waals surface area contributed by atoms with E-state index in [1.807, 2.05) is 54.6 Å². The van der Waals surface area contributed by atoms with Crippen molar-refractivity contribution in [2.45, 2.75) is 37.0 Å². The number of rotatable bonds is 5. The Morgan fingerprint density at radius 2 is 1.55 bits per heavy atom. The Morgan fingerprint density at radius 1 is 0.862 bits per heavy atom. The average Bonchev–Trinajstić information content (AvgIpc) is 3.61. The second-order valence-electron chi connectivity index (χ2n) is 7.84. The zero-order chi connectivity index (χ0) is 19.8. The molecule has 6 nitrogen and oxygen atoms in total. The number of hydrogen-bond acceptors (Lipinski definition) is 5. The van der Waals surface area contributed by atoms with Gasteiger partial charge in [-0.25, -0.2) is 22.7 Å². The molecule has 1 aromatic heterocycles. The van der Waals surface area contributed by atoms with Crippen LogP contribution in [0.1, 0.15) is 25.7 Å². The van der Waals surface area contributed by atoms with Crippen LogP contribution in [0.25, 0.3) is 22.3 Å². The SMILES string of the molecule is O=S(=O)(C1CC1)N1CCC(Nc2nc(-c3ccccc3)nc3ccccc23)CC1. The molecule has 150 valence electrons. The molecule has 2 fully saturated rings. The van der Waals surface area contributed by atoms with Crippen LogP contribution in [0, 0.1) is 0 Å². The zero-order valence-corrected chi connectivity index (χ0v) is 17.0. The molecule has 5 rings (SSSR count). The summed E-state index contributed by atoms with van der Waals surface area (Å²) in [5.41, 5.74) is 1.88. The summed E-state index contributed by atoms with van der Waals surface area (Å²) in [5.74, 6) is 1.51. The van der Waals surface area contributed by atoms with E-state index >= 15 is 0 Å². The molecule has 0 atom stereocenters. The number of anilines is 1. The maximum atomic E-state index is 12.5. The number of nitrogens with zero attached hydrogens (tertiary/aromatic N) is 3. The summed E-state index contributed by atoms with van der Waals surface area (Å²) in [7, 11) is -3.08. The van der Waals surface area contributed by atoms with Gasteiger partial charge in [-0.3, -0.25) is 0 Å². The van der Waals surface area contributed by atoms with Crippen LogP contribution in [0.4, 0.5) is 5.82 Å². The Kier molecular flexibility index (Phi) is 4.72. The Hall–Kier alpha value is -2.51. The first kappa shape index (κ1) is 18.5. The van der Waals surface area contributed by atoms with Crippen molar-refractivity contribution in [2.75, 3.05) is 18.4 Å². The summed E-state index contributed by atoms with van der Waals surface area (Å²) < 4.78 is 26.6. The maximum absolute atomic E-state index is 12.5. The second kappa shape index (κ2) is 7.39. The van der Waals surface area contributed by atoms with E-state index in [1.165, 1.54) is 0 Å². The van der Waals surface area contributed by atoms with Gasteiger partial charge >= 0.3 is 0 Å². The van der Waals surface area contributed by atoms with Gasteiger partial charge in [-0.2, -0.15) is 0 Å². The summed E-state index contributed by atoms with van der Waals surface area (Å²) >= 11 is 0. The molecular weight excluding hydrogens is 384 g/mol. The molecule has 1 saturated heterocycles. The third-order valence-electron chi connectivity index (χ3n) is 5.74. The molecular formula is C22H24N4O2S. The summed E-state index contributed by atoms with van der Waals surface area (Å²) in [4.78, 5) is 9.55. The van der Waals surface area contributed by atoms with E-state index in [-0.39, 0.29) is 11.3 Å². The van der Waals surface area contributed by atoms with Crippen LogP contribution in [0.5, 0.6) is 0 Å². The van der Waals surface area contributed by atoms with Gasteiger partial charge in [0.15, 0.2) is 5.82 Å². The van der Waals surface area contributed by atoms with Gasteiger partial charge in [-0.15, -0.1) is 0 Å². The number of nitrogens with one attached hydrogen (secondary N) is 1. The first-order chi connectivity index (χ1) is 14.1. The van der Waals surface area contributed by atoms with Crippen LogP contribution in [0.15, 0.2) is 54.6 Å². The Morgan fingerprint density at radius 3 is 2.28 bits per heavy atom. The fourth-order valence-electron chi connectivity index (χ4n) is 3.93. The van der Waals surface area contributed by atoms with Gasteiger partial charge in [0.2, 0.25) is 10.0 Å². The molecule has 0 bridgehead atoms. The molecule has 3 aromatic rings. The van der Waals surface area contributed by atoms with Gasteiger partial charge < -0.3 is 5.32 Å². The number of sulfonamides is 1. The predicted molar refractivity (Wildman–Crippen MR) is 115 cm³/mol. The lowest BCUT2D eigenvalue weighted by molar-refractivity contribution is 0.329. The smallest absolute Gasteiger partial charge is 0.216 e. The van der Waals surface area contributed by atoms with E-state index in [0.717, 1.165) is 48.0 Å². The predicted octanol–water partition coefficient (Wildman–Crippen LogP) is 3.67. The standard InChI is InChI=1S/C22H24N4O2S/c27-29(28,18-10-11-18)26-14-12-17(13-15-26)23-22-19-8-4-5-9-20(19)24-21(25-22)16-6-2-1-3-7-16/h1-9,17-18H,10-15H2,(H,23,24,25). The topological polar surface area (TPSA) is 75.2 Å². The van der Waals surface area contributed by atoms with Crippen LogP contribution < -0.4 is 5.32 Å². The van der Waals surface area contributed by atoms with Gasteiger partial charge in [-0.05, 0) is 37.8 Å². The molecule has 29 heavy (non-hydrogen) atoms. The van der Waals surface area contributed by atoms with Gasteiger partial charge in [0, 0.05) is 30.1 Å². The first-order valence-corrected chi connectivity index (χ1v) is 11.7. The molecule has 1 aliphatic heterocycles. The molecule has 2 heterocycles. The van der Waals surface area contributed by atoms with Crippen molar-refractivity contribution >= 4 is 26.7 Å². The Labute approximate surface area is 171 Å². The minimum atomic E-state index is -3.08. The monoisotopic (exact) mass is 408 g/mol. The summed E-state index contributed by atoms with van der Waals surface area (Å²) in [6, 6.07) is 18.2. The highest BCUT2D eigenvalue weighted by atomic mass is 32.2. The molecule has 0 spiro atoms. The molecule has 1 aliphatic carbocycles. The van der Waals surface area contributed by atoms with E-state index in [9.17, 15) is 8.42 Å². The molecule has 1 N–H and O–H groups in total. The van der Waals surface area contributed by atoms with Crippen molar-refractivity contribution in [3.05, 3.63) is 54.6 Å². The lowest BCUT2D eigenvalue weighted by Gasteiger charge is -2.32. The summed E-state index contributed by atoms with van der Waals surface area (Å²) in [6.07, 6.45) is 3.20. The van der Waals surface area contributed by atoms with Gasteiger partial charge in [0.25, 0.3) is 0 Å². The molecule has 1 saturated carbocycles. The highest BCUT2D eigenvalue weighted by Crippen LogP contribution is 2.33. The Bertz CT molecular complexity index is 1120. The number of fused-ring (bicyclic) bond motifs is 1. The van der Waals surface area contributed by atoms with Crippen LogP contribution in [-0.2, 0) is 10.0 Å². The molecule has 0 radical (unpaired) electrons. The third-order valence-corrected chi connectivity index (χ3v) is 8.13. The fourth-order valence-corrected chi connectivity index (χ4v) is 5.80. The van der Waals surface area contributed by atoms with Crippen LogP contribution in [-0.4, -0.2) is 47.1 Å². The average molecular weight is 409 g/mol. The normalized spacial score (nSPS) is 18.8. The van der Waals surface area contributed by atoms with Crippen molar-refractivity contribution < 1.29 is 8.42 Å². The summed E-state index contributed by atoms with van der Waals surface area (Å²) in [5, 5.41) is 4.43. The number of benzene rings is 2. The molecule has 2 aromatic carbocycles. The molecule has 7 heteroatoms. The second-order valence-corrected chi connectivity index (χ2v) is 10.1. The van der Waals surface area contributed by atoms with Crippen molar-refractivity contribution in [2.24, 2.45) is 0 Å². The number of piperidine rings is 1. The number of hydrogen-bond donors (Lipinski definition) is 1. The highest BCUT2D eigenvalue weighted by molar-refractivity contribution is 7.90. The highest BCUT2D eigenvalue weighted by Gasteiger charge is 2.41. The van der Waals surface area contributed by atoms with E-state index < -0.39 is 10.0 Å². The zero-order valence-electron chi connectivity index (χ0n) is 16.2. The molecule has 2 aliphatic rings. The van der Waals surface area contributed by atoms with Gasteiger partial charge in [0.1, 0.15) is 5.82 Å². The van der Waals surface area contributed by atoms with Crippen molar-refractivity contribution in [1.29, 1.82) is 0 Å². The maximum Gasteiger partial charge on any atom is 0.216 e. The number of para-hydroxylation sites is 1.